The first-order valence-electron chi connectivity index (χ1n) is 12.8. The quantitative estimate of drug-likeness (QED) is 0.245. The van der Waals surface area contributed by atoms with Crippen LogP contribution in [0.1, 0.15) is 16.7 Å². The Balaban J connectivity index is 1.46. The zero-order chi connectivity index (χ0) is 26.2. The summed E-state index contributed by atoms with van der Waals surface area (Å²) in [6, 6.07) is 29.2. The van der Waals surface area contributed by atoms with Crippen molar-refractivity contribution in [3.63, 3.8) is 0 Å². The molecule has 2 aromatic heterocycles. The maximum atomic E-state index is 6.51. The number of hydrogen-bond donors (Lipinski definition) is 0. The summed E-state index contributed by atoms with van der Waals surface area (Å²) in [7, 11) is 2.13. The number of hydrogen-bond acceptors (Lipinski definition) is 5. The molecule has 0 saturated carbocycles. The summed E-state index contributed by atoms with van der Waals surface area (Å²) in [4.78, 5) is 13.6. The van der Waals surface area contributed by atoms with Gasteiger partial charge in [0.05, 0.1) is 29.4 Å². The van der Waals surface area contributed by atoms with Crippen molar-refractivity contribution in [1.29, 1.82) is 0 Å². The zero-order valence-corrected chi connectivity index (χ0v) is 22.1. The molecule has 0 unspecified atom stereocenters. The fourth-order valence-corrected chi connectivity index (χ4v) is 5.44. The predicted octanol–water partition coefficient (Wildman–Crippen LogP) is 8.07. The Kier molecular flexibility index (Phi) is 6.04. The molecule has 3 heterocycles. The number of ether oxygens (including phenoxy) is 1. The second-order valence-corrected chi connectivity index (χ2v) is 9.94. The van der Waals surface area contributed by atoms with Crippen LogP contribution in [0.2, 0.25) is 0 Å². The van der Waals surface area contributed by atoms with Gasteiger partial charge in [0, 0.05) is 37.3 Å². The highest BCUT2D eigenvalue weighted by Gasteiger charge is 2.25. The molecule has 0 saturated heterocycles. The molecule has 5 nitrogen and oxygen atoms in total. The number of rotatable bonds is 5. The Morgan fingerprint density at radius 2 is 1.42 bits per heavy atom. The third-order valence-electron chi connectivity index (χ3n) is 7.00. The van der Waals surface area contributed by atoms with Crippen molar-refractivity contribution in [1.82, 2.24) is 9.97 Å². The minimum absolute atomic E-state index is 0.722. The van der Waals surface area contributed by atoms with Gasteiger partial charge >= 0.3 is 0 Å². The van der Waals surface area contributed by atoms with Crippen LogP contribution < -0.4 is 14.5 Å². The van der Waals surface area contributed by atoms with Gasteiger partial charge in [-0.15, -0.1) is 0 Å². The minimum Gasteiger partial charge on any atom is -0.457 e. The van der Waals surface area contributed by atoms with Crippen molar-refractivity contribution in [2.45, 2.75) is 20.8 Å². The number of fused-ring (bicyclic) bond motifs is 1. The second kappa shape index (κ2) is 9.67. The Labute approximate surface area is 224 Å². The first kappa shape index (κ1) is 23.7. The monoisotopic (exact) mass is 498 g/mol. The van der Waals surface area contributed by atoms with Crippen molar-refractivity contribution < 1.29 is 4.74 Å². The highest BCUT2D eigenvalue weighted by atomic mass is 16.5. The summed E-state index contributed by atoms with van der Waals surface area (Å²) in [6.07, 6.45) is 3.54. The number of pyridine rings is 2. The minimum atomic E-state index is 0.722. The van der Waals surface area contributed by atoms with Gasteiger partial charge in [-0.05, 0) is 85.5 Å². The van der Waals surface area contributed by atoms with Crippen LogP contribution in [-0.4, -0.2) is 23.7 Å². The highest BCUT2D eigenvalue weighted by molar-refractivity contribution is 5.85. The molecule has 0 amide bonds. The maximum Gasteiger partial charge on any atom is 0.131 e. The Morgan fingerprint density at radius 3 is 2.18 bits per heavy atom. The lowest BCUT2D eigenvalue weighted by Gasteiger charge is -2.22. The molecule has 0 bridgehead atoms. The van der Waals surface area contributed by atoms with Crippen LogP contribution >= 0.6 is 0 Å². The van der Waals surface area contributed by atoms with Gasteiger partial charge in [0.1, 0.15) is 11.5 Å². The molecule has 0 fully saturated rings. The van der Waals surface area contributed by atoms with E-state index in [-0.39, 0.29) is 0 Å². The predicted molar refractivity (Wildman–Crippen MR) is 155 cm³/mol. The highest BCUT2D eigenvalue weighted by Crippen LogP contribution is 2.43. The normalized spacial score (nSPS) is 12.5. The Hall–Kier alpha value is -4.64. The van der Waals surface area contributed by atoms with Gasteiger partial charge < -0.3 is 14.5 Å². The molecule has 0 aliphatic carbocycles. The number of benzene rings is 3. The summed E-state index contributed by atoms with van der Waals surface area (Å²) >= 11 is 0. The number of para-hydroxylation sites is 2. The largest absolute Gasteiger partial charge is 0.457 e. The van der Waals surface area contributed by atoms with Crippen LogP contribution in [0.25, 0.3) is 22.5 Å². The average Bonchev–Trinajstić information content (AvgIpc) is 3.25. The molecule has 38 heavy (non-hydrogen) atoms. The maximum absolute atomic E-state index is 6.51. The van der Waals surface area contributed by atoms with E-state index in [1.807, 2.05) is 30.3 Å². The van der Waals surface area contributed by atoms with E-state index in [0.29, 0.717) is 0 Å². The molecule has 6 rings (SSSR count). The molecule has 188 valence electrons. The van der Waals surface area contributed by atoms with E-state index >= 15 is 0 Å². The smallest absolute Gasteiger partial charge is 0.131 e. The van der Waals surface area contributed by atoms with Gasteiger partial charge in [-0.2, -0.15) is 0 Å². The lowest BCUT2D eigenvalue weighted by molar-refractivity contribution is 0.482. The van der Waals surface area contributed by atoms with Crippen molar-refractivity contribution in [2.75, 3.05) is 23.5 Å². The van der Waals surface area contributed by atoms with Gasteiger partial charge in [-0.3, -0.25) is 9.97 Å². The first-order chi connectivity index (χ1) is 18.5. The van der Waals surface area contributed by atoms with E-state index in [1.54, 1.807) is 12.4 Å². The number of aryl methyl sites for hydroxylation is 3. The van der Waals surface area contributed by atoms with Gasteiger partial charge in [0.2, 0.25) is 0 Å². The first-order valence-corrected chi connectivity index (χ1v) is 12.8. The zero-order valence-electron chi connectivity index (χ0n) is 22.1. The lowest BCUT2D eigenvalue weighted by Crippen LogP contribution is -2.24. The van der Waals surface area contributed by atoms with Crippen LogP contribution in [0, 0.1) is 20.8 Å². The molecule has 0 N–H and O–H groups in total. The fourth-order valence-electron chi connectivity index (χ4n) is 5.44. The van der Waals surface area contributed by atoms with E-state index in [1.165, 1.54) is 33.6 Å². The van der Waals surface area contributed by atoms with E-state index in [0.717, 1.165) is 40.8 Å². The molecule has 0 spiro atoms. The average molecular weight is 499 g/mol. The van der Waals surface area contributed by atoms with Gasteiger partial charge in [-0.1, -0.05) is 35.9 Å². The summed E-state index contributed by atoms with van der Waals surface area (Å²) in [5.41, 5.74) is 11.3. The summed E-state index contributed by atoms with van der Waals surface area (Å²) in [6.45, 7) is 7.29. The van der Waals surface area contributed by atoms with E-state index in [9.17, 15) is 0 Å². The third-order valence-corrected chi connectivity index (χ3v) is 7.00. The molecule has 3 aromatic carbocycles. The summed E-state index contributed by atoms with van der Waals surface area (Å²) in [5, 5.41) is 0. The van der Waals surface area contributed by atoms with Crippen LogP contribution in [0.15, 0.2) is 97.3 Å². The van der Waals surface area contributed by atoms with Crippen molar-refractivity contribution in [2.24, 2.45) is 0 Å². The van der Waals surface area contributed by atoms with Crippen LogP contribution in [0.4, 0.5) is 17.1 Å². The van der Waals surface area contributed by atoms with Gasteiger partial charge in [0.15, 0.2) is 0 Å². The molecule has 0 radical (unpaired) electrons. The Bertz CT molecular complexity index is 1610. The molecular formula is C33H30N4O. The van der Waals surface area contributed by atoms with Gasteiger partial charge in [0.25, 0.3) is 0 Å². The SMILES string of the molecule is Cc1cc(C)c(-c2cc(Oc3ccnc(-c4ccccn4)c3)cc(N3CN(C)c4ccccc43)c2)c(C)c1. The van der Waals surface area contributed by atoms with Crippen LogP contribution in [-0.2, 0) is 0 Å². The summed E-state index contributed by atoms with van der Waals surface area (Å²) in [5.74, 6) is 1.50. The third kappa shape index (κ3) is 4.48. The lowest BCUT2D eigenvalue weighted by atomic mass is 9.93. The van der Waals surface area contributed by atoms with Crippen molar-refractivity contribution in [3.05, 3.63) is 114 Å². The second-order valence-electron chi connectivity index (χ2n) is 9.94. The van der Waals surface area contributed by atoms with Gasteiger partial charge in [-0.25, -0.2) is 0 Å². The van der Waals surface area contributed by atoms with E-state index in [2.05, 4.69) is 102 Å². The van der Waals surface area contributed by atoms with Crippen molar-refractivity contribution in [3.8, 4) is 34.0 Å². The van der Waals surface area contributed by atoms with E-state index < -0.39 is 0 Å². The molecule has 1 aliphatic heterocycles. The number of anilines is 3. The summed E-state index contributed by atoms with van der Waals surface area (Å²) < 4.78 is 6.51. The standard InChI is InChI=1S/C33H30N4O/c1-22-15-23(2)33(24(3)16-22)25-17-26(37-21-36(4)31-10-5-6-11-32(31)37)19-28(18-25)38-27-12-14-35-30(20-27)29-9-7-8-13-34-29/h5-20H,21H2,1-4H3. The molecule has 5 aromatic rings. The molecular weight excluding hydrogens is 468 g/mol. The fraction of sp³-hybridized carbons (Fsp3) is 0.152. The number of aromatic nitrogens is 2. The topological polar surface area (TPSA) is 41.5 Å². The molecule has 0 atom stereocenters. The Morgan fingerprint density at radius 1 is 0.684 bits per heavy atom. The van der Waals surface area contributed by atoms with Crippen LogP contribution in [0.3, 0.4) is 0 Å². The molecule has 1 aliphatic rings. The van der Waals surface area contributed by atoms with E-state index in [4.69, 9.17) is 4.74 Å². The molecule has 5 heteroatoms. The number of nitrogens with zero attached hydrogens (tertiary/aromatic N) is 4. The van der Waals surface area contributed by atoms with Crippen molar-refractivity contribution >= 4 is 17.1 Å². The van der Waals surface area contributed by atoms with Crippen LogP contribution in [0.5, 0.6) is 11.5 Å².